The fraction of sp³-hybridized carbons (Fsp3) is 0.333. The number of ether oxygens (including phenoxy) is 2. The Hall–Kier alpha value is -2.05. The van der Waals surface area contributed by atoms with Crippen molar-refractivity contribution in [1.82, 2.24) is 4.72 Å². The van der Waals surface area contributed by atoms with Gasteiger partial charge in [-0.2, -0.15) is 0 Å². The molecule has 1 aliphatic rings. The Morgan fingerprint density at radius 2 is 1.96 bits per heavy atom. The summed E-state index contributed by atoms with van der Waals surface area (Å²) >= 11 is 0. The molecule has 0 radical (unpaired) electrons. The van der Waals surface area contributed by atoms with E-state index in [2.05, 4.69) is 4.72 Å². The van der Waals surface area contributed by atoms with E-state index < -0.39 is 10.0 Å². The molecule has 0 amide bonds. The first kappa shape index (κ1) is 16.8. The van der Waals surface area contributed by atoms with Gasteiger partial charge in [0.25, 0.3) is 0 Å². The summed E-state index contributed by atoms with van der Waals surface area (Å²) in [6.07, 6.45) is 0.868. The molecular formula is C18H21NO4S. The average Bonchev–Trinajstić information content (AvgIpc) is 3.02. The van der Waals surface area contributed by atoms with Gasteiger partial charge in [-0.3, -0.25) is 0 Å². The number of hydrogen-bond acceptors (Lipinski definition) is 4. The maximum absolute atomic E-state index is 12.6. The molecule has 2 aromatic rings. The van der Waals surface area contributed by atoms with Gasteiger partial charge < -0.3 is 9.47 Å². The highest BCUT2D eigenvalue weighted by atomic mass is 32.2. The van der Waals surface area contributed by atoms with Crippen LogP contribution in [-0.4, -0.2) is 22.1 Å². The van der Waals surface area contributed by atoms with E-state index in [1.807, 2.05) is 25.1 Å². The van der Waals surface area contributed by atoms with Crippen LogP contribution in [0.1, 0.15) is 22.3 Å². The van der Waals surface area contributed by atoms with E-state index in [4.69, 9.17) is 9.47 Å². The van der Waals surface area contributed by atoms with E-state index in [1.54, 1.807) is 26.2 Å². The molecule has 0 bridgehead atoms. The van der Waals surface area contributed by atoms with Crippen LogP contribution in [0, 0.1) is 13.8 Å². The predicted molar refractivity (Wildman–Crippen MR) is 92.1 cm³/mol. The molecule has 0 fully saturated rings. The molecule has 5 nitrogen and oxygen atoms in total. The van der Waals surface area contributed by atoms with Crippen LogP contribution in [0.3, 0.4) is 0 Å². The van der Waals surface area contributed by atoms with Gasteiger partial charge >= 0.3 is 0 Å². The topological polar surface area (TPSA) is 64.6 Å². The number of benzene rings is 2. The van der Waals surface area contributed by atoms with E-state index in [1.165, 1.54) is 0 Å². The maximum atomic E-state index is 12.6. The second kappa shape index (κ2) is 6.45. The van der Waals surface area contributed by atoms with Crippen LogP contribution in [0.5, 0.6) is 11.5 Å². The zero-order valence-electron chi connectivity index (χ0n) is 14.0. The number of sulfonamides is 1. The molecule has 1 aliphatic heterocycles. The third kappa shape index (κ3) is 3.25. The summed E-state index contributed by atoms with van der Waals surface area (Å²) in [5.74, 6) is 1.58. The number of rotatable bonds is 5. The van der Waals surface area contributed by atoms with Crippen molar-refractivity contribution in [3.05, 3.63) is 52.6 Å². The first-order valence-electron chi connectivity index (χ1n) is 7.80. The summed E-state index contributed by atoms with van der Waals surface area (Å²) in [4.78, 5) is 0.283. The van der Waals surface area contributed by atoms with E-state index >= 15 is 0 Å². The molecule has 0 aliphatic carbocycles. The van der Waals surface area contributed by atoms with Crippen LogP contribution in [0.25, 0.3) is 0 Å². The normalized spacial score (nSPS) is 13.5. The van der Waals surface area contributed by atoms with E-state index in [-0.39, 0.29) is 11.4 Å². The van der Waals surface area contributed by atoms with Gasteiger partial charge in [0.05, 0.1) is 18.6 Å². The summed E-state index contributed by atoms with van der Waals surface area (Å²) in [6, 6.07) is 9.17. The minimum atomic E-state index is -3.59. The Balaban J connectivity index is 1.80. The van der Waals surface area contributed by atoms with E-state index in [9.17, 15) is 8.42 Å². The number of hydrogen-bond donors (Lipinski definition) is 1. The minimum Gasteiger partial charge on any atom is -0.496 e. The summed E-state index contributed by atoms with van der Waals surface area (Å²) in [5.41, 5.74) is 3.50. The average molecular weight is 347 g/mol. The molecule has 0 saturated heterocycles. The minimum absolute atomic E-state index is 0.250. The maximum Gasteiger partial charge on any atom is 0.241 e. The van der Waals surface area contributed by atoms with Gasteiger partial charge in [0.1, 0.15) is 11.5 Å². The third-order valence-electron chi connectivity index (χ3n) is 4.20. The Labute approximate surface area is 142 Å². The summed E-state index contributed by atoms with van der Waals surface area (Å²) in [5, 5.41) is 0. The lowest BCUT2D eigenvalue weighted by Crippen LogP contribution is -2.24. The van der Waals surface area contributed by atoms with Crippen LogP contribution >= 0.6 is 0 Å². The summed E-state index contributed by atoms with van der Waals surface area (Å²) < 4.78 is 38.7. The third-order valence-corrected chi connectivity index (χ3v) is 5.75. The van der Waals surface area contributed by atoms with Gasteiger partial charge in [0, 0.05) is 13.0 Å². The molecule has 0 atom stereocenters. The van der Waals surface area contributed by atoms with E-state index in [0.717, 1.165) is 28.9 Å². The molecule has 3 rings (SSSR count). The molecule has 0 unspecified atom stereocenters. The quantitative estimate of drug-likeness (QED) is 0.903. The van der Waals surface area contributed by atoms with Crippen molar-refractivity contribution in [2.45, 2.75) is 31.7 Å². The SMILES string of the molecule is COc1cc(C)c(S(=O)(=O)NCc2ccc3c(c2)CCO3)cc1C. The highest BCUT2D eigenvalue weighted by molar-refractivity contribution is 7.89. The number of aryl methyl sites for hydroxylation is 2. The van der Waals surface area contributed by atoms with E-state index in [0.29, 0.717) is 17.9 Å². The van der Waals surface area contributed by atoms with Gasteiger partial charge in [0.2, 0.25) is 10.0 Å². The van der Waals surface area contributed by atoms with Crippen molar-refractivity contribution in [2.24, 2.45) is 0 Å². The van der Waals surface area contributed by atoms with Crippen LogP contribution in [0.15, 0.2) is 35.2 Å². The fourth-order valence-corrected chi connectivity index (χ4v) is 4.21. The standard InChI is InChI=1S/C18H21NO4S/c1-12-9-18(13(2)8-17(12)22-3)24(20,21)19-11-14-4-5-16-15(10-14)6-7-23-16/h4-5,8-10,19H,6-7,11H2,1-3H3. The first-order valence-corrected chi connectivity index (χ1v) is 9.28. The molecule has 1 heterocycles. The molecule has 128 valence electrons. The fourth-order valence-electron chi connectivity index (χ4n) is 2.88. The van der Waals surface area contributed by atoms with Gasteiger partial charge in [-0.15, -0.1) is 0 Å². The first-order chi connectivity index (χ1) is 11.4. The van der Waals surface area contributed by atoms with Gasteiger partial charge in [-0.05, 0) is 54.3 Å². The van der Waals surface area contributed by atoms with Gasteiger partial charge in [-0.25, -0.2) is 13.1 Å². The highest BCUT2D eigenvalue weighted by Gasteiger charge is 2.19. The zero-order chi connectivity index (χ0) is 17.3. The van der Waals surface area contributed by atoms with Crippen molar-refractivity contribution >= 4 is 10.0 Å². The Morgan fingerprint density at radius 3 is 2.71 bits per heavy atom. The molecule has 24 heavy (non-hydrogen) atoms. The summed E-state index contributed by atoms with van der Waals surface area (Å²) in [7, 11) is -2.01. The van der Waals surface area contributed by atoms with Crippen molar-refractivity contribution in [2.75, 3.05) is 13.7 Å². The summed E-state index contributed by atoms with van der Waals surface area (Å²) in [6.45, 7) is 4.54. The second-order valence-corrected chi connectivity index (χ2v) is 7.69. The predicted octanol–water partition coefficient (Wildman–Crippen LogP) is 2.73. The lowest BCUT2D eigenvalue weighted by molar-refractivity contribution is 0.357. The monoisotopic (exact) mass is 347 g/mol. The second-order valence-electron chi connectivity index (χ2n) is 5.95. The molecule has 1 N–H and O–H groups in total. The smallest absolute Gasteiger partial charge is 0.241 e. The van der Waals surface area contributed by atoms with Crippen LogP contribution in [0.4, 0.5) is 0 Å². The molecule has 0 spiro atoms. The zero-order valence-corrected chi connectivity index (χ0v) is 14.9. The van der Waals surface area contributed by atoms with Crippen LogP contribution < -0.4 is 14.2 Å². The Morgan fingerprint density at radius 1 is 1.17 bits per heavy atom. The molecular weight excluding hydrogens is 326 g/mol. The van der Waals surface area contributed by atoms with Gasteiger partial charge in [0.15, 0.2) is 0 Å². The Bertz CT molecular complexity index is 875. The van der Waals surface area contributed by atoms with Crippen LogP contribution in [-0.2, 0) is 23.0 Å². The van der Waals surface area contributed by atoms with Gasteiger partial charge in [-0.1, -0.05) is 12.1 Å². The molecule has 0 saturated carbocycles. The lowest BCUT2D eigenvalue weighted by atomic mass is 10.1. The van der Waals surface area contributed by atoms with Crippen molar-refractivity contribution in [3.8, 4) is 11.5 Å². The number of nitrogens with one attached hydrogen (secondary N) is 1. The largest absolute Gasteiger partial charge is 0.496 e. The molecule has 0 aromatic heterocycles. The number of methoxy groups -OCH3 is 1. The Kier molecular flexibility index (Phi) is 4.51. The van der Waals surface area contributed by atoms with Crippen molar-refractivity contribution in [1.29, 1.82) is 0 Å². The van der Waals surface area contributed by atoms with Crippen molar-refractivity contribution < 1.29 is 17.9 Å². The highest BCUT2D eigenvalue weighted by Crippen LogP contribution is 2.27. The van der Waals surface area contributed by atoms with Crippen LogP contribution in [0.2, 0.25) is 0 Å². The lowest BCUT2D eigenvalue weighted by Gasteiger charge is -2.13. The number of fused-ring (bicyclic) bond motifs is 1. The molecule has 2 aromatic carbocycles. The molecule has 6 heteroatoms. The van der Waals surface area contributed by atoms with Crippen molar-refractivity contribution in [3.63, 3.8) is 0 Å².